The van der Waals surface area contributed by atoms with Gasteiger partial charge in [0.05, 0.1) is 12.1 Å². The Labute approximate surface area is 241 Å². The van der Waals surface area contributed by atoms with Gasteiger partial charge in [0.1, 0.15) is 12.1 Å². The number of benzene rings is 2. The standard InChI is InChI=1S/C31H42N6O4/c1-3-24(32)28(38)36-27-22(19-34-31(41)33-4-2)15-16-23-17-18-25(37(23)30(27)40)29(39)35-26(20-11-7-5-8-12-20)21-13-9-6-10-14-21/h5-14,22-27H,3-4,15-19,32H2,1-2H3,(H,35,39)(H,36,38)(H2,33,34,41)/t22-,23+,24+,25+,27+/m1/s1. The lowest BCUT2D eigenvalue weighted by atomic mass is 9.92. The Morgan fingerprint density at radius 3 is 2.10 bits per heavy atom. The Kier molecular flexibility index (Phi) is 10.3. The number of carbonyl (C=O) groups is 4. The van der Waals surface area contributed by atoms with Crippen molar-refractivity contribution in [1.82, 2.24) is 26.2 Å². The van der Waals surface area contributed by atoms with E-state index in [1.54, 1.807) is 11.8 Å². The molecule has 10 heteroatoms. The van der Waals surface area contributed by atoms with Gasteiger partial charge in [0, 0.05) is 25.0 Å². The molecular formula is C31H42N6O4. The zero-order valence-electron chi connectivity index (χ0n) is 23.8. The summed E-state index contributed by atoms with van der Waals surface area (Å²) in [4.78, 5) is 54.7. The molecule has 5 atom stereocenters. The average molecular weight is 563 g/mol. The molecule has 0 radical (unpaired) electrons. The number of nitrogens with two attached hydrogens (primary N) is 1. The van der Waals surface area contributed by atoms with E-state index in [-0.39, 0.29) is 42.4 Å². The van der Waals surface area contributed by atoms with Crippen LogP contribution in [0.1, 0.15) is 63.1 Å². The van der Waals surface area contributed by atoms with Crippen LogP contribution in [0.25, 0.3) is 0 Å². The van der Waals surface area contributed by atoms with E-state index in [0.29, 0.717) is 38.6 Å². The Morgan fingerprint density at radius 1 is 0.902 bits per heavy atom. The minimum absolute atomic E-state index is 0.126. The summed E-state index contributed by atoms with van der Waals surface area (Å²) in [7, 11) is 0. The number of nitrogens with one attached hydrogen (secondary N) is 4. The van der Waals surface area contributed by atoms with Crippen LogP contribution >= 0.6 is 0 Å². The van der Waals surface area contributed by atoms with Crippen LogP contribution in [0.5, 0.6) is 0 Å². The number of amides is 5. The van der Waals surface area contributed by atoms with Gasteiger partial charge in [-0.05, 0) is 50.2 Å². The fourth-order valence-corrected chi connectivity index (χ4v) is 5.87. The first-order valence-electron chi connectivity index (χ1n) is 14.6. The molecule has 0 aliphatic carbocycles. The van der Waals surface area contributed by atoms with Gasteiger partial charge in [-0.2, -0.15) is 0 Å². The summed E-state index contributed by atoms with van der Waals surface area (Å²) in [6, 6.07) is 16.3. The lowest BCUT2D eigenvalue weighted by Crippen LogP contribution is -2.59. The van der Waals surface area contributed by atoms with E-state index in [1.165, 1.54) is 0 Å². The predicted molar refractivity (Wildman–Crippen MR) is 157 cm³/mol. The lowest BCUT2D eigenvalue weighted by Gasteiger charge is -2.33. The second-order valence-electron chi connectivity index (χ2n) is 10.8. The van der Waals surface area contributed by atoms with E-state index in [4.69, 9.17) is 5.73 Å². The van der Waals surface area contributed by atoms with E-state index in [9.17, 15) is 19.2 Å². The van der Waals surface area contributed by atoms with Crippen LogP contribution < -0.4 is 27.0 Å². The van der Waals surface area contributed by atoms with Crippen LogP contribution in [-0.2, 0) is 14.4 Å². The number of rotatable bonds is 10. The van der Waals surface area contributed by atoms with Crippen molar-refractivity contribution in [2.24, 2.45) is 11.7 Å². The van der Waals surface area contributed by atoms with Crippen LogP contribution in [0.15, 0.2) is 60.7 Å². The monoisotopic (exact) mass is 562 g/mol. The van der Waals surface area contributed by atoms with Crippen molar-refractivity contribution in [2.75, 3.05) is 13.1 Å². The van der Waals surface area contributed by atoms with Crippen molar-refractivity contribution >= 4 is 23.8 Å². The smallest absolute Gasteiger partial charge is 0.314 e. The molecule has 2 heterocycles. The summed E-state index contributed by atoms with van der Waals surface area (Å²) in [5.41, 5.74) is 7.88. The van der Waals surface area contributed by atoms with Crippen molar-refractivity contribution in [3.63, 3.8) is 0 Å². The molecule has 0 bridgehead atoms. The second kappa shape index (κ2) is 14.1. The van der Waals surface area contributed by atoms with Crippen molar-refractivity contribution in [3.05, 3.63) is 71.8 Å². The highest BCUT2D eigenvalue weighted by Crippen LogP contribution is 2.34. The maximum absolute atomic E-state index is 14.2. The SMILES string of the molecule is CCNC(=O)NC[C@H]1CC[C@H]2CC[C@@H](C(=O)NC(c3ccccc3)c3ccccc3)N2C(=O)[C@H]1NC(=O)[C@@H](N)CC. The van der Waals surface area contributed by atoms with Crippen LogP contribution in [0.4, 0.5) is 4.79 Å². The number of hydrogen-bond acceptors (Lipinski definition) is 5. The highest BCUT2D eigenvalue weighted by molar-refractivity contribution is 5.94. The van der Waals surface area contributed by atoms with E-state index in [1.807, 2.05) is 67.6 Å². The fourth-order valence-electron chi connectivity index (χ4n) is 5.87. The number of carbonyl (C=O) groups excluding carboxylic acids is 4. The molecule has 5 amide bonds. The highest BCUT2D eigenvalue weighted by atomic mass is 16.2. The fraction of sp³-hybridized carbons (Fsp3) is 0.484. The molecule has 2 aromatic rings. The number of fused-ring (bicyclic) bond motifs is 1. The van der Waals surface area contributed by atoms with Crippen molar-refractivity contribution in [1.29, 1.82) is 0 Å². The molecular weight excluding hydrogens is 520 g/mol. The van der Waals surface area contributed by atoms with Gasteiger partial charge in [-0.1, -0.05) is 67.6 Å². The van der Waals surface area contributed by atoms with Gasteiger partial charge < -0.3 is 31.9 Å². The summed E-state index contributed by atoms with van der Waals surface area (Å²) in [6.45, 7) is 4.32. The maximum atomic E-state index is 14.2. The topological polar surface area (TPSA) is 146 Å². The van der Waals surface area contributed by atoms with Crippen molar-refractivity contribution in [3.8, 4) is 0 Å². The number of nitrogens with zero attached hydrogens (tertiary/aromatic N) is 1. The van der Waals surface area contributed by atoms with Crippen molar-refractivity contribution < 1.29 is 19.2 Å². The van der Waals surface area contributed by atoms with Crippen molar-refractivity contribution in [2.45, 2.75) is 76.2 Å². The zero-order chi connectivity index (χ0) is 29.4. The van der Waals surface area contributed by atoms with Gasteiger partial charge >= 0.3 is 6.03 Å². The third-order valence-corrected chi connectivity index (χ3v) is 8.16. The molecule has 4 rings (SSSR count). The molecule has 41 heavy (non-hydrogen) atoms. The van der Waals surface area contributed by atoms with Gasteiger partial charge in [0.25, 0.3) is 0 Å². The first kappa shape index (κ1) is 30.0. The molecule has 10 nitrogen and oxygen atoms in total. The van der Waals surface area contributed by atoms with Crippen LogP contribution in [-0.4, -0.2) is 65.9 Å². The summed E-state index contributed by atoms with van der Waals surface area (Å²) >= 11 is 0. The Balaban J connectivity index is 1.58. The summed E-state index contributed by atoms with van der Waals surface area (Å²) in [6.07, 6.45) is 2.93. The minimum atomic E-state index is -0.903. The molecule has 0 aromatic heterocycles. The number of hydrogen-bond donors (Lipinski definition) is 5. The van der Waals surface area contributed by atoms with Crippen LogP contribution in [0, 0.1) is 5.92 Å². The van der Waals surface area contributed by atoms with Gasteiger partial charge in [0.2, 0.25) is 17.7 Å². The molecule has 2 saturated heterocycles. The third-order valence-electron chi connectivity index (χ3n) is 8.16. The molecule has 2 aromatic carbocycles. The molecule has 0 unspecified atom stereocenters. The third kappa shape index (κ3) is 7.24. The Bertz CT molecular complexity index is 1150. The first-order valence-corrected chi connectivity index (χ1v) is 14.6. The van der Waals surface area contributed by atoms with E-state index < -0.39 is 24.0 Å². The highest BCUT2D eigenvalue weighted by Gasteiger charge is 2.48. The minimum Gasteiger partial charge on any atom is -0.343 e. The molecule has 220 valence electrons. The van der Waals surface area contributed by atoms with Crippen LogP contribution in [0.3, 0.4) is 0 Å². The van der Waals surface area contributed by atoms with Gasteiger partial charge in [-0.25, -0.2) is 4.79 Å². The molecule has 0 spiro atoms. The van der Waals surface area contributed by atoms with E-state index in [0.717, 1.165) is 11.1 Å². The predicted octanol–water partition coefficient (Wildman–Crippen LogP) is 2.20. The maximum Gasteiger partial charge on any atom is 0.314 e. The zero-order valence-corrected chi connectivity index (χ0v) is 23.8. The first-order chi connectivity index (χ1) is 19.8. The summed E-state index contributed by atoms with van der Waals surface area (Å²) < 4.78 is 0. The van der Waals surface area contributed by atoms with E-state index in [2.05, 4.69) is 21.3 Å². The van der Waals surface area contributed by atoms with Gasteiger partial charge in [-0.3, -0.25) is 14.4 Å². The van der Waals surface area contributed by atoms with Gasteiger partial charge in [-0.15, -0.1) is 0 Å². The molecule has 2 fully saturated rings. The molecule has 0 saturated carbocycles. The molecule has 2 aliphatic heterocycles. The Hall–Kier alpha value is -3.92. The quantitative estimate of drug-likeness (QED) is 0.301. The molecule has 6 N–H and O–H groups in total. The van der Waals surface area contributed by atoms with Gasteiger partial charge in [0.15, 0.2) is 0 Å². The number of urea groups is 1. The Morgan fingerprint density at radius 2 is 1.51 bits per heavy atom. The largest absolute Gasteiger partial charge is 0.343 e. The molecule has 2 aliphatic rings. The summed E-state index contributed by atoms with van der Waals surface area (Å²) in [5.74, 6) is -1.29. The van der Waals surface area contributed by atoms with E-state index >= 15 is 0 Å². The van der Waals surface area contributed by atoms with Crippen LogP contribution in [0.2, 0.25) is 0 Å². The lowest BCUT2D eigenvalue weighted by molar-refractivity contribution is -0.143. The summed E-state index contributed by atoms with van der Waals surface area (Å²) in [5, 5.41) is 11.6. The normalized spacial score (nSPS) is 22.8. The second-order valence-corrected chi connectivity index (χ2v) is 10.8. The average Bonchev–Trinajstić information content (AvgIpc) is 3.38.